The lowest BCUT2D eigenvalue weighted by Crippen LogP contribution is -2.37. The van der Waals surface area contributed by atoms with Crippen LogP contribution < -0.4 is 4.90 Å². The second-order valence-corrected chi connectivity index (χ2v) is 8.57. The van der Waals surface area contributed by atoms with Crippen molar-refractivity contribution in [1.29, 1.82) is 0 Å². The van der Waals surface area contributed by atoms with E-state index in [-0.39, 0.29) is 0 Å². The van der Waals surface area contributed by atoms with Crippen molar-refractivity contribution in [3.63, 3.8) is 0 Å². The van der Waals surface area contributed by atoms with Crippen molar-refractivity contribution in [2.45, 2.75) is 46.0 Å². The van der Waals surface area contributed by atoms with Gasteiger partial charge in [0, 0.05) is 36.5 Å². The second kappa shape index (κ2) is 9.75. The van der Waals surface area contributed by atoms with Crippen molar-refractivity contribution in [3.8, 4) is 5.82 Å². The molecule has 0 aromatic carbocycles. The number of morpholine rings is 1. The molecule has 1 aliphatic carbocycles. The molecule has 4 heterocycles. The third-order valence-corrected chi connectivity index (χ3v) is 6.30. The molecule has 33 heavy (non-hydrogen) atoms. The van der Waals surface area contributed by atoms with Crippen molar-refractivity contribution in [2.75, 3.05) is 31.2 Å². The predicted molar refractivity (Wildman–Crippen MR) is 132 cm³/mol. The van der Waals surface area contributed by atoms with Gasteiger partial charge in [0.15, 0.2) is 11.5 Å². The number of fused-ring (bicyclic) bond motifs is 2. The van der Waals surface area contributed by atoms with E-state index < -0.39 is 0 Å². The highest BCUT2D eigenvalue weighted by molar-refractivity contribution is 5.75. The van der Waals surface area contributed by atoms with Crippen LogP contribution in [0.2, 0.25) is 0 Å². The highest BCUT2D eigenvalue weighted by Gasteiger charge is 2.22. The zero-order chi connectivity index (χ0) is 22.6. The minimum atomic E-state index is 0.718. The number of hydrogen-bond acceptors (Lipinski definition) is 5. The summed E-state index contributed by atoms with van der Waals surface area (Å²) in [4.78, 5) is 7.35. The van der Waals surface area contributed by atoms with Gasteiger partial charge in [-0.15, -0.1) is 0 Å². The Morgan fingerprint density at radius 3 is 2.82 bits per heavy atom. The van der Waals surface area contributed by atoms with E-state index in [9.17, 15) is 0 Å². The molecule has 7 heteroatoms. The Morgan fingerprint density at radius 1 is 1.15 bits per heavy atom. The third kappa shape index (κ3) is 4.37. The Balaban J connectivity index is 1.65. The van der Waals surface area contributed by atoms with Crippen LogP contribution in [-0.4, -0.2) is 50.7 Å². The summed E-state index contributed by atoms with van der Waals surface area (Å²) in [5, 5.41) is 9.72. The van der Waals surface area contributed by atoms with Gasteiger partial charge in [-0.3, -0.25) is 0 Å². The molecule has 0 spiro atoms. The smallest absolute Gasteiger partial charge is 0.160 e. The first-order valence-corrected chi connectivity index (χ1v) is 12.1. The topological polar surface area (TPSA) is 60.5 Å². The zero-order valence-corrected chi connectivity index (χ0v) is 19.6. The molecule has 1 saturated heterocycles. The van der Waals surface area contributed by atoms with Gasteiger partial charge in [-0.2, -0.15) is 14.7 Å². The van der Waals surface area contributed by atoms with E-state index in [2.05, 4.69) is 48.3 Å². The van der Waals surface area contributed by atoms with Crippen LogP contribution in [0.4, 0.5) is 5.82 Å². The molecule has 3 aromatic heterocycles. The first kappa shape index (κ1) is 21.6. The molecular formula is C26H32N6O. The minimum absolute atomic E-state index is 0.718. The Hall–Kier alpha value is -3.19. The van der Waals surface area contributed by atoms with Crippen LogP contribution in [0.15, 0.2) is 48.7 Å². The average Bonchev–Trinajstić information content (AvgIpc) is 3.48. The van der Waals surface area contributed by atoms with E-state index in [0.717, 1.165) is 74.1 Å². The first-order valence-electron chi connectivity index (χ1n) is 12.1. The highest BCUT2D eigenvalue weighted by atomic mass is 16.5. The molecule has 0 unspecified atom stereocenters. The molecule has 7 nitrogen and oxygen atoms in total. The van der Waals surface area contributed by atoms with Gasteiger partial charge in [0.1, 0.15) is 5.82 Å². The van der Waals surface area contributed by atoms with Crippen molar-refractivity contribution >= 4 is 17.0 Å². The van der Waals surface area contributed by atoms with Crippen LogP contribution in [0.25, 0.3) is 17.0 Å². The maximum Gasteiger partial charge on any atom is 0.160 e. The molecule has 0 atom stereocenters. The molecule has 3 aromatic rings. The number of ether oxygens (including phenoxy) is 1. The number of allylic oxidation sites excluding steroid dienone is 6. The lowest BCUT2D eigenvalue weighted by Gasteiger charge is -2.29. The summed E-state index contributed by atoms with van der Waals surface area (Å²) in [7, 11) is 0. The first-order chi connectivity index (χ1) is 16.3. The molecule has 0 radical (unpaired) electrons. The largest absolute Gasteiger partial charge is 0.378 e. The highest BCUT2D eigenvalue weighted by Crippen LogP contribution is 2.27. The molecule has 5 rings (SSSR count). The Bertz CT molecular complexity index is 1210. The fourth-order valence-corrected chi connectivity index (χ4v) is 4.61. The Labute approximate surface area is 195 Å². The average molecular weight is 445 g/mol. The van der Waals surface area contributed by atoms with Gasteiger partial charge in [0.05, 0.1) is 25.1 Å². The fraction of sp³-hybridized carbons (Fsp3) is 0.423. The number of rotatable bonds is 6. The maximum absolute atomic E-state index is 5.61. The molecule has 0 N–H and O–H groups in total. The summed E-state index contributed by atoms with van der Waals surface area (Å²) < 4.78 is 9.62. The summed E-state index contributed by atoms with van der Waals surface area (Å²) in [5.41, 5.74) is 5.46. The monoisotopic (exact) mass is 444 g/mol. The Kier molecular flexibility index (Phi) is 6.39. The van der Waals surface area contributed by atoms with Crippen LogP contribution in [0.3, 0.4) is 0 Å². The molecule has 1 fully saturated rings. The molecule has 0 amide bonds. The normalized spacial score (nSPS) is 17.5. The van der Waals surface area contributed by atoms with Gasteiger partial charge in [0.2, 0.25) is 0 Å². The van der Waals surface area contributed by atoms with Gasteiger partial charge in [-0.1, -0.05) is 37.3 Å². The standard InChI is InChI=1S/C26H32N6O/c1-3-5-6-10-20(9-4-2)22-17-24-28-25(31-23-12-8-7-11-21(23)19-27-31)18-26(32(24)29-22)30-13-15-33-16-14-30/h4-6,9-10,17-19H,3,7-8,11-16H2,1-2H3/b6-5+,9-4-,20-10+. The lowest BCUT2D eigenvalue weighted by atomic mass is 9.98. The summed E-state index contributed by atoms with van der Waals surface area (Å²) in [5.74, 6) is 1.90. The minimum Gasteiger partial charge on any atom is -0.378 e. The number of nitrogens with zero attached hydrogens (tertiary/aromatic N) is 6. The summed E-state index contributed by atoms with van der Waals surface area (Å²) in [6, 6.07) is 4.21. The number of anilines is 1. The van der Waals surface area contributed by atoms with Gasteiger partial charge in [-0.05, 0) is 44.6 Å². The molecule has 0 saturated carbocycles. The van der Waals surface area contributed by atoms with Crippen LogP contribution in [0.1, 0.15) is 50.1 Å². The van der Waals surface area contributed by atoms with E-state index in [0.29, 0.717) is 0 Å². The number of aryl methyl sites for hydroxylation is 1. The van der Waals surface area contributed by atoms with E-state index in [1.54, 1.807) is 0 Å². The van der Waals surface area contributed by atoms with Gasteiger partial charge < -0.3 is 9.64 Å². The lowest BCUT2D eigenvalue weighted by molar-refractivity contribution is 0.122. The van der Waals surface area contributed by atoms with Crippen LogP contribution in [-0.2, 0) is 17.6 Å². The van der Waals surface area contributed by atoms with Crippen LogP contribution >= 0.6 is 0 Å². The van der Waals surface area contributed by atoms with Crippen LogP contribution in [0, 0.1) is 0 Å². The molecular weight excluding hydrogens is 412 g/mol. The summed E-state index contributed by atoms with van der Waals surface area (Å²) in [6.45, 7) is 7.28. The SMILES string of the molecule is C\C=C/C(=C\C=C\CC)c1cc2nc(-n3ncc4c3CCCC4)cc(N3CCOCC3)n2n1. The molecule has 0 bridgehead atoms. The summed E-state index contributed by atoms with van der Waals surface area (Å²) in [6.07, 6.45) is 18.1. The quantitative estimate of drug-likeness (QED) is 0.522. The predicted octanol–water partition coefficient (Wildman–Crippen LogP) is 4.56. The third-order valence-electron chi connectivity index (χ3n) is 6.30. The van der Waals surface area contributed by atoms with E-state index >= 15 is 0 Å². The Morgan fingerprint density at radius 2 is 2.00 bits per heavy atom. The van der Waals surface area contributed by atoms with Crippen molar-refractivity contribution < 1.29 is 4.74 Å². The number of hydrogen-bond donors (Lipinski definition) is 0. The van der Waals surface area contributed by atoms with E-state index in [1.807, 2.05) is 28.4 Å². The van der Waals surface area contributed by atoms with Crippen molar-refractivity contribution in [1.82, 2.24) is 24.4 Å². The molecule has 172 valence electrons. The molecule has 2 aliphatic rings. The number of aromatic nitrogens is 5. The second-order valence-electron chi connectivity index (χ2n) is 8.57. The fourth-order valence-electron chi connectivity index (χ4n) is 4.61. The van der Waals surface area contributed by atoms with Crippen LogP contribution in [0.5, 0.6) is 0 Å². The van der Waals surface area contributed by atoms with Gasteiger partial charge in [-0.25, -0.2) is 9.67 Å². The van der Waals surface area contributed by atoms with Crippen molar-refractivity contribution in [3.05, 3.63) is 65.7 Å². The van der Waals surface area contributed by atoms with Gasteiger partial charge >= 0.3 is 0 Å². The molecule has 1 aliphatic heterocycles. The summed E-state index contributed by atoms with van der Waals surface area (Å²) >= 11 is 0. The van der Waals surface area contributed by atoms with E-state index in [4.69, 9.17) is 19.9 Å². The van der Waals surface area contributed by atoms with E-state index in [1.165, 1.54) is 24.1 Å². The van der Waals surface area contributed by atoms with Crippen molar-refractivity contribution in [2.24, 2.45) is 0 Å². The van der Waals surface area contributed by atoms with Gasteiger partial charge in [0.25, 0.3) is 0 Å². The zero-order valence-electron chi connectivity index (χ0n) is 19.6. The maximum atomic E-state index is 5.61.